The molecule has 0 radical (unpaired) electrons. The molecule has 0 aliphatic carbocycles. The highest BCUT2D eigenvalue weighted by Crippen LogP contribution is 2.23. The molecule has 11 heteroatoms. The van der Waals surface area contributed by atoms with Crippen LogP contribution in [-0.2, 0) is 0 Å². The van der Waals surface area contributed by atoms with Gasteiger partial charge in [-0.15, -0.1) is 16.4 Å². The van der Waals surface area contributed by atoms with E-state index in [2.05, 4.69) is 20.4 Å². The van der Waals surface area contributed by atoms with Gasteiger partial charge in [0.15, 0.2) is 11.5 Å². The van der Waals surface area contributed by atoms with Gasteiger partial charge >= 0.3 is 0 Å². The summed E-state index contributed by atoms with van der Waals surface area (Å²) >= 11 is 1.51. The number of aryl methyl sites for hydroxylation is 1. The van der Waals surface area contributed by atoms with Crippen LogP contribution >= 0.6 is 11.3 Å². The van der Waals surface area contributed by atoms with Crippen LogP contribution in [0.4, 0.5) is 5.82 Å². The lowest BCUT2D eigenvalue weighted by Crippen LogP contribution is -2.33. The number of carbonyl (C=O) groups is 1. The normalized spacial score (nSPS) is 12.3. The lowest BCUT2D eigenvalue weighted by molar-refractivity contribution is 0.0940. The van der Waals surface area contributed by atoms with Crippen LogP contribution in [0, 0.1) is 6.92 Å². The Morgan fingerprint density at radius 2 is 1.88 bits per heavy atom. The Hall–Kier alpha value is -5.16. The number of benzene rings is 2. The average Bonchev–Trinajstić information content (AvgIpc) is 3.60. The van der Waals surface area contributed by atoms with Gasteiger partial charge in [-0.3, -0.25) is 14.2 Å². The lowest BCUT2D eigenvalue weighted by atomic mass is 10.1. The number of rotatable bonds is 6. The van der Waals surface area contributed by atoms with Gasteiger partial charge in [-0.2, -0.15) is 0 Å². The smallest absolute Gasteiger partial charge is 0.266 e. The average molecular weight is 549 g/mol. The summed E-state index contributed by atoms with van der Waals surface area (Å²) < 4.78 is 3.07. The quantitative estimate of drug-likeness (QED) is 0.314. The number of anilines is 1. The largest absolute Gasteiger partial charge is 0.381 e. The fourth-order valence-corrected chi connectivity index (χ4v) is 5.16. The molecule has 0 fully saturated rings. The number of hydrogen-bond acceptors (Lipinski definition) is 8. The molecule has 0 bridgehead atoms. The number of nitrogen functional groups attached to an aromatic ring is 1. The standard InChI is InChI=1S/C29H24N8O2S/c1-17-13-14-32-27-24(25(30)35-37(17)27)28(38)33-18(2)26-34-21-10-6-7-19(11-12-22-31-15-16-40-22)23(21)29(39)36(26)20-8-4-3-5-9-20/h3-16,18H,1-2H3,(H2,30,35)(H,33,38)/b12-11+/t18-/m1/s1. The molecule has 2 aromatic carbocycles. The summed E-state index contributed by atoms with van der Waals surface area (Å²) in [5, 5.41) is 10.4. The first-order valence-corrected chi connectivity index (χ1v) is 13.4. The molecule has 4 heterocycles. The zero-order valence-electron chi connectivity index (χ0n) is 21.6. The van der Waals surface area contributed by atoms with E-state index in [9.17, 15) is 9.59 Å². The first kappa shape index (κ1) is 25.1. The Morgan fingerprint density at radius 1 is 1.05 bits per heavy atom. The van der Waals surface area contributed by atoms with Crippen LogP contribution < -0.4 is 16.6 Å². The summed E-state index contributed by atoms with van der Waals surface area (Å²) in [5.74, 6) is -0.0282. The second-order valence-corrected chi connectivity index (χ2v) is 10.1. The highest BCUT2D eigenvalue weighted by molar-refractivity contribution is 7.10. The van der Waals surface area contributed by atoms with Crippen molar-refractivity contribution >= 4 is 51.8 Å². The highest BCUT2D eigenvalue weighted by atomic mass is 32.1. The van der Waals surface area contributed by atoms with Crippen LogP contribution in [0.2, 0.25) is 0 Å². The van der Waals surface area contributed by atoms with Crippen LogP contribution in [-0.4, -0.2) is 35.0 Å². The number of aromatic nitrogens is 6. The second kappa shape index (κ2) is 10.2. The van der Waals surface area contributed by atoms with Crippen molar-refractivity contribution in [3.63, 3.8) is 0 Å². The molecule has 6 aromatic rings. The molecule has 40 heavy (non-hydrogen) atoms. The summed E-state index contributed by atoms with van der Waals surface area (Å²) in [5.41, 5.74) is 9.05. The summed E-state index contributed by atoms with van der Waals surface area (Å²) in [4.78, 5) is 41.1. The summed E-state index contributed by atoms with van der Waals surface area (Å²) in [7, 11) is 0. The van der Waals surface area contributed by atoms with Crippen molar-refractivity contribution in [1.29, 1.82) is 0 Å². The van der Waals surface area contributed by atoms with Gasteiger partial charge in [-0.1, -0.05) is 36.4 Å². The van der Waals surface area contributed by atoms with E-state index in [0.717, 1.165) is 16.3 Å². The van der Waals surface area contributed by atoms with Gasteiger partial charge in [0.2, 0.25) is 0 Å². The minimum absolute atomic E-state index is 0.0649. The van der Waals surface area contributed by atoms with Gasteiger partial charge in [0.05, 0.1) is 22.6 Å². The third-order valence-corrected chi connectivity index (χ3v) is 7.26. The molecule has 1 amide bonds. The molecule has 6 rings (SSSR count). The summed E-state index contributed by atoms with van der Waals surface area (Å²) in [6.07, 6.45) is 7.08. The number of fused-ring (bicyclic) bond motifs is 2. The number of carbonyl (C=O) groups excluding carboxylic acids is 1. The zero-order chi connectivity index (χ0) is 27.8. The minimum Gasteiger partial charge on any atom is -0.381 e. The van der Waals surface area contributed by atoms with Crippen molar-refractivity contribution in [1.82, 2.24) is 34.4 Å². The Morgan fingerprint density at radius 3 is 2.65 bits per heavy atom. The predicted octanol–water partition coefficient (Wildman–Crippen LogP) is 4.44. The first-order valence-electron chi connectivity index (χ1n) is 12.5. The van der Waals surface area contributed by atoms with E-state index in [0.29, 0.717) is 28.1 Å². The monoisotopic (exact) mass is 548 g/mol. The molecule has 0 aliphatic heterocycles. The molecule has 0 spiro atoms. The van der Waals surface area contributed by atoms with Crippen molar-refractivity contribution in [3.8, 4) is 5.69 Å². The molecule has 198 valence electrons. The van der Waals surface area contributed by atoms with Gasteiger partial charge < -0.3 is 11.1 Å². The minimum atomic E-state index is -0.668. The van der Waals surface area contributed by atoms with E-state index < -0.39 is 11.9 Å². The molecule has 0 saturated carbocycles. The molecule has 4 aromatic heterocycles. The predicted molar refractivity (Wildman–Crippen MR) is 156 cm³/mol. The second-order valence-electron chi connectivity index (χ2n) is 9.17. The maximum atomic E-state index is 14.1. The summed E-state index contributed by atoms with van der Waals surface area (Å²) in [6, 6.07) is 15.9. The van der Waals surface area contributed by atoms with Crippen LogP contribution in [0.15, 0.2) is 77.2 Å². The Labute approximate surface area is 232 Å². The molecular formula is C29H24N8O2S. The van der Waals surface area contributed by atoms with Gasteiger partial charge in [0.25, 0.3) is 11.5 Å². The highest BCUT2D eigenvalue weighted by Gasteiger charge is 2.25. The van der Waals surface area contributed by atoms with Crippen LogP contribution in [0.1, 0.15) is 45.4 Å². The third-order valence-electron chi connectivity index (χ3n) is 6.52. The third kappa shape index (κ3) is 4.41. The topological polar surface area (TPSA) is 133 Å². The van der Waals surface area contributed by atoms with E-state index in [4.69, 9.17) is 10.7 Å². The molecule has 0 saturated heterocycles. The van der Waals surface area contributed by atoms with E-state index >= 15 is 0 Å². The summed E-state index contributed by atoms with van der Waals surface area (Å²) in [6.45, 7) is 3.63. The number of nitrogens with zero attached hydrogens (tertiary/aromatic N) is 6. The number of amides is 1. The molecule has 1 atom stereocenters. The number of para-hydroxylation sites is 1. The lowest BCUT2D eigenvalue weighted by Gasteiger charge is -2.20. The fourth-order valence-electron chi connectivity index (χ4n) is 4.63. The molecule has 3 N–H and O–H groups in total. The molecular weight excluding hydrogens is 524 g/mol. The number of nitrogens with one attached hydrogen (secondary N) is 1. The Kier molecular flexibility index (Phi) is 6.40. The first-order chi connectivity index (χ1) is 19.4. The van der Waals surface area contributed by atoms with Gasteiger partial charge in [0, 0.05) is 23.5 Å². The fraction of sp³-hybridized carbons (Fsp3) is 0.103. The molecule has 0 aliphatic rings. The van der Waals surface area contributed by atoms with E-state index in [1.165, 1.54) is 20.4 Å². The van der Waals surface area contributed by atoms with E-state index in [-0.39, 0.29) is 16.9 Å². The van der Waals surface area contributed by atoms with Crippen molar-refractivity contribution in [3.05, 3.63) is 110 Å². The van der Waals surface area contributed by atoms with Crippen molar-refractivity contribution < 1.29 is 4.79 Å². The zero-order valence-corrected chi connectivity index (χ0v) is 22.5. The van der Waals surface area contributed by atoms with Crippen LogP contribution in [0.25, 0.3) is 34.4 Å². The number of nitrogens with two attached hydrogens (primary N) is 1. The van der Waals surface area contributed by atoms with Crippen LogP contribution in [0.5, 0.6) is 0 Å². The van der Waals surface area contributed by atoms with Crippen molar-refractivity contribution in [2.75, 3.05) is 5.73 Å². The van der Waals surface area contributed by atoms with Crippen molar-refractivity contribution in [2.45, 2.75) is 19.9 Å². The van der Waals surface area contributed by atoms with Gasteiger partial charge in [-0.25, -0.2) is 19.5 Å². The van der Waals surface area contributed by atoms with Crippen molar-refractivity contribution in [2.24, 2.45) is 0 Å². The maximum absolute atomic E-state index is 14.1. The van der Waals surface area contributed by atoms with E-state index in [1.54, 1.807) is 31.5 Å². The Balaban J connectivity index is 1.47. The molecule has 0 unspecified atom stereocenters. The number of thiazole rings is 1. The SMILES string of the molecule is Cc1ccnc2c(C(=O)N[C@H](C)c3nc4cccc(/C=C/c5nccs5)c4c(=O)n3-c3ccccc3)c(N)nn12. The molecule has 10 nitrogen and oxygen atoms in total. The van der Waals surface area contributed by atoms with Gasteiger partial charge in [-0.05, 0) is 49.8 Å². The van der Waals surface area contributed by atoms with Crippen LogP contribution in [0.3, 0.4) is 0 Å². The Bertz CT molecular complexity index is 1960. The maximum Gasteiger partial charge on any atom is 0.266 e. The van der Waals surface area contributed by atoms with Gasteiger partial charge in [0.1, 0.15) is 16.4 Å². The van der Waals surface area contributed by atoms with E-state index in [1.807, 2.05) is 66.9 Å². The number of hydrogen-bond donors (Lipinski definition) is 2.